The summed E-state index contributed by atoms with van der Waals surface area (Å²) < 4.78 is 15.7. The Hall–Kier alpha value is -3.28. The summed E-state index contributed by atoms with van der Waals surface area (Å²) in [6.07, 6.45) is 14.4. The van der Waals surface area contributed by atoms with Crippen LogP contribution in [0, 0.1) is 0 Å². The van der Waals surface area contributed by atoms with Crippen LogP contribution in [0.4, 0.5) is 0 Å². The molecule has 3 aromatic heterocycles. The lowest BCUT2D eigenvalue weighted by atomic mass is 10.1. The molecule has 4 rings (SSSR count). The molecule has 0 aliphatic carbocycles. The van der Waals surface area contributed by atoms with Crippen molar-refractivity contribution in [3.05, 3.63) is 85.9 Å². The van der Waals surface area contributed by atoms with Crippen molar-refractivity contribution in [2.45, 2.75) is 25.5 Å². The van der Waals surface area contributed by atoms with Crippen LogP contribution in [0.5, 0.6) is 5.75 Å². The summed E-state index contributed by atoms with van der Waals surface area (Å²) >= 11 is 0. The molecule has 4 aromatic rings. The van der Waals surface area contributed by atoms with E-state index in [1.165, 1.54) is 0 Å². The molecule has 0 N–H and O–H groups in total. The van der Waals surface area contributed by atoms with E-state index in [9.17, 15) is 0 Å². The topological polar surface area (TPSA) is 58.0 Å². The van der Waals surface area contributed by atoms with Crippen LogP contribution < -0.4 is 4.74 Å². The van der Waals surface area contributed by atoms with Crippen LogP contribution in [0.3, 0.4) is 0 Å². The Morgan fingerprint density at radius 2 is 1.85 bits per heavy atom. The zero-order chi connectivity index (χ0) is 17.6. The smallest absolute Gasteiger partial charge is 0.119 e. The van der Waals surface area contributed by atoms with Gasteiger partial charge in [-0.3, -0.25) is 0 Å². The first kappa shape index (κ1) is 16.2. The van der Waals surface area contributed by atoms with Crippen molar-refractivity contribution < 1.29 is 9.15 Å². The number of aromatic nitrogens is 4. The summed E-state index contributed by atoms with van der Waals surface area (Å²) in [5, 5.41) is 0. The highest BCUT2D eigenvalue weighted by Crippen LogP contribution is 2.19. The van der Waals surface area contributed by atoms with Crippen LogP contribution in [0.2, 0.25) is 0 Å². The van der Waals surface area contributed by atoms with Gasteiger partial charge in [0.2, 0.25) is 0 Å². The van der Waals surface area contributed by atoms with Gasteiger partial charge < -0.3 is 18.3 Å². The molecule has 0 aliphatic rings. The van der Waals surface area contributed by atoms with Gasteiger partial charge in [0.05, 0.1) is 25.5 Å². The third kappa shape index (κ3) is 4.03. The molecule has 6 heteroatoms. The van der Waals surface area contributed by atoms with E-state index >= 15 is 0 Å². The normalized spacial score (nSPS) is 12.2. The van der Waals surface area contributed by atoms with E-state index in [1.807, 2.05) is 64.3 Å². The molecule has 0 saturated heterocycles. The van der Waals surface area contributed by atoms with Gasteiger partial charge in [0, 0.05) is 36.9 Å². The minimum Gasteiger partial charge on any atom is -0.489 e. The Kier molecular flexibility index (Phi) is 4.82. The monoisotopic (exact) mass is 348 g/mol. The van der Waals surface area contributed by atoms with Gasteiger partial charge in [-0.2, -0.15) is 0 Å². The Morgan fingerprint density at radius 3 is 2.54 bits per heavy atom. The van der Waals surface area contributed by atoms with Gasteiger partial charge in [-0.05, 0) is 42.8 Å². The SMILES string of the molecule is c1coc(CCC(Cn2ccnc2)Oc2ccc(-n3ccnc3)cc2)c1. The van der Waals surface area contributed by atoms with Crippen molar-refractivity contribution >= 4 is 0 Å². The minimum atomic E-state index is 0.0217. The molecule has 0 bridgehead atoms. The largest absolute Gasteiger partial charge is 0.489 e. The second kappa shape index (κ2) is 7.74. The van der Waals surface area contributed by atoms with Gasteiger partial charge in [0.1, 0.15) is 17.6 Å². The van der Waals surface area contributed by atoms with E-state index in [2.05, 4.69) is 9.97 Å². The van der Waals surface area contributed by atoms with Crippen LogP contribution in [-0.4, -0.2) is 25.2 Å². The maximum Gasteiger partial charge on any atom is 0.119 e. The Labute approximate surface area is 151 Å². The number of ether oxygens (including phenoxy) is 1. The number of aryl methyl sites for hydroxylation is 1. The van der Waals surface area contributed by atoms with Gasteiger partial charge >= 0.3 is 0 Å². The molecule has 1 atom stereocenters. The highest BCUT2D eigenvalue weighted by molar-refractivity contribution is 5.37. The van der Waals surface area contributed by atoms with Crippen LogP contribution in [0.1, 0.15) is 12.2 Å². The zero-order valence-corrected chi connectivity index (χ0v) is 14.3. The van der Waals surface area contributed by atoms with Gasteiger partial charge in [-0.1, -0.05) is 0 Å². The average Bonchev–Trinajstić information content (AvgIpc) is 3.43. The summed E-state index contributed by atoms with van der Waals surface area (Å²) in [4.78, 5) is 8.19. The first-order chi connectivity index (χ1) is 12.9. The van der Waals surface area contributed by atoms with Crippen LogP contribution in [-0.2, 0) is 13.0 Å². The lowest BCUT2D eigenvalue weighted by Gasteiger charge is -2.19. The quantitative estimate of drug-likeness (QED) is 0.487. The van der Waals surface area contributed by atoms with Crippen molar-refractivity contribution in [3.8, 4) is 11.4 Å². The van der Waals surface area contributed by atoms with Gasteiger partial charge in [0.15, 0.2) is 0 Å². The number of hydrogen-bond acceptors (Lipinski definition) is 4. The highest BCUT2D eigenvalue weighted by Gasteiger charge is 2.13. The Bertz CT molecular complexity index is 882. The zero-order valence-electron chi connectivity index (χ0n) is 14.3. The summed E-state index contributed by atoms with van der Waals surface area (Å²) in [5.74, 6) is 1.82. The van der Waals surface area contributed by atoms with E-state index in [0.717, 1.165) is 36.6 Å². The van der Waals surface area contributed by atoms with Crippen LogP contribution in [0.15, 0.2) is 84.5 Å². The molecule has 1 unspecified atom stereocenters. The van der Waals surface area contributed by atoms with E-state index in [-0.39, 0.29) is 6.10 Å². The second-order valence-electron chi connectivity index (χ2n) is 6.08. The van der Waals surface area contributed by atoms with Crippen molar-refractivity contribution in [2.75, 3.05) is 0 Å². The molecule has 26 heavy (non-hydrogen) atoms. The van der Waals surface area contributed by atoms with E-state index in [1.54, 1.807) is 25.0 Å². The number of furan rings is 1. The molecular formula is C20H20N4O2. The molecule has 0 aliphatic heterocycles. The standard InChI is InChI=1S/C20H20N4O2/c1-2-18(25-13-1)7-8-20(14-23-11-9-21-15-23)26-19-5-3-17(4-6-19)24-12-10-22-16-24/h1-6,9-13,15-16,20H,7-8,14H2. The minimum absolute atomic E-state index is 0.0217. The molecule has 0 saturated carbocycles. The maximum absolute atomic E-state index is 6.24. The molecule has 1 aromatic carbocycles. The second-order valence-corrected chi connectivity index (χ2v) is 6.08. The van der Waals surface area contributed by atoms with E-state index in [4.69, 9.17) is 9.15 Å². The summed E-state index contributed by atoms with van der Waals surface area (Å²) in [6.45, 7) is 0.740. The number of imidazole rings is 2. The third-order valence-corrected chi connectivity index (χ3v) is 4.21. The first-order valence-corrected chi connectivity index (χ1v) is 8.60. The predicted molar refractivity (Wildman–Crippen MR) is 97.2 cm³/mol. The number of hydrogen-bond donors (Lipinski definition) is 0. The summed E-state index contributed by atoms with van der Waals surface area (Å²) in [7, 11) is 0. The number of nitrogens with zero attached hydrogens (tertiary/aromatic N) is 4. The summed E-state index contributed by atoms with van der Waals surface area (Å²) in [5.41, 5.74) is 1.05. The highest BCUT2D eigenvalue weighted by atomic mass is 16.5. The van der Waals surface area contributed by atoms with Gasteiger partial charge in [-0.15, -0.1) is 0 Å². The number of benzene rings is 1. The van der Waals surface area contributed by atoms with Crippen LogP contribution in [0.25, 0.3) is 5.69 Å². The lowest BCUT2D eigenvalue weighted by molar-refractivity contribution is 0.168. The average molecular weight is 348 g/mol. The molecule has 0 radical (unpaired) electrons. The van der Waals surface area contributed by atoms with Crippen molar-refractivity contribution in [2.24, 2.45) is 0 Å². The van der Waals surface area contributed by atoms with E-state index < -0.39 is 0 Å². The van der Waals surface area contributed by atoms with Crippen LogP contribution >= 0.6 is 0 Å². The van der Waals surface area contributed by atoms with Crippen molar-refractivity contribution in [1.82, 2.24) is 19.1 Å². The molecule has 6 nitrogen and oxygen atoms in total. The van der Waals surface area contributed by atoms with E-state index in [0.29, 0.717) is 0 Å². The molecular weight excluding hydrogens is 328 g/mol. The van der Waals surface area contributed by atoms with Gasteiger partial charge in [-0.25, -0.2) is 9.97 Å². The Morgan fingerprint density at radius 1 is 1.00 bits per heavy atom. The van der Waals surface area contributed by atoms with Gasteiger partial charge in [0.25, 0.3) is 0 Å². The fourth-order valence-electron chi connectivity index (χ4n) is 2.88. The lowest BCUT2D eigenvalue weighted by Crippen LogP contribution is -2.23. The first-order valence-electron chi connectivity index (χ1n) is 8.60. The van der Waals surface area contributed by atoms with Crippen molar-refractivity contribution in [1.29, 1.82) is 0 Å². The molecule has 0 amide bonds. The fourth-order valence-corrected chi connectivity index (χ4v) is 2.88. The summed E-state index contributed by atoms with van der Waals surface area (Å²) in [6, 6.07) is 11.9. The number of rotatable bonds is 8. The molecule has 3 heterocycles. The van der Waals surface area contributed by atoms with Crippen molar-refractivity contribution in [3.63, 3.8) is 0 Å². The molecule has 132 valence electrons. The third-order valence-electron chi connectivity index (χ3n) is 4.21. The fraction of sp³-hybridized carbons (Fsp3) is 0.200. The predicted octanol–water partition coefficient (Wildman–Crippen LogP) is 3.74. The molecule has 0 spiro atoms. The molecule has 0 fully saturated rings. The maximum atomic E-state index is 6.24. The Balaban J connectivity index is 1.44.